The summed E-state index contributed by atoms with van der Waals surface area (Å²) >= 11 is 0. The largest absolute Gasteiger partial charge is 0.398 e. The topological polar surface area (TPSA) is 43.4 Å². The lowest BCUT2D eigenvalue weighted by atomic mass is 10.2. The van der Waals surface area contributed by atoms with Gasteiger partial charge in [0.05, 0.1) is 5.56 Å². The Balaban J connectivity index is 2.82. The number of carbonyl (C=O) groups excluding carboxylic acids is 1. The molecule has 1 rings (SSSR count). The Labute approximate surface area is 71.6 Å². The fourth-order valence-corrected chi connectivity index (χ4v) is 0.949. The molecule has 62 valence electrons. The minimum Gasteiger partial charge on any atom is -0.369 e. The van der Waals surface area contributed by atoms with E-state index in [1.165, 1.54) is 0 Å². The lowest BCUT2D eigenvalue weighted by Gasteiger charge is -1.96. The molecule has 0 N–H and O–H groups in total. The highest BCUT2D eigenvalue weighted by Gasteiger charge is 2.05. The summed E-state index contributed by atoms with van der Waals surface area (Å²) < 4.78 is 14.2. The molecule has 0 aliphatic rings. The molecule has 0 atom stereocenters. The molecule has 3 nitrogen and oxygen atoms in total. The average Bonchev–Trinajstić information content (AvgIpc) is 2.06. The molecule has 1 aromatic carbocycles. The zero-order valence-electron chi connectivity index (χ0n) is 6.48. The van der Waals surface area contributed by atoms with E-state index in [0.29, 0.717) is 5.56 Å². The average molecular weight is 182 g/mol. The summed E-state index contributed by atoms with van der Waals surface area (Å²) in [5.41, 5.74) is 1.47. The van der Waals surface area contributed by atoms with Gasteiger partial charge in [0.15, 0.2) is 0 Å². The Morgan fingerprint density at radius 1 is 1.33 bits per heavy atom. The summed E-state index contributed by atoms with van der Waals surface area (Å²) in [4.78, 5) is 10.9. The standard InChI is InChI=1S/C8H7O3P/c1-6-2-4-7(5-3-6)8(9)11-12-10/h2-5H,1H3. The van der Waals surface area contributed by atoms with Crippen molar-refractivity contribution in [2.75, 3.05) is 0 Å². The van der Waals surface area contributed by atoms with E-state index in [1.54, 1.807) is 24.3 Å². The molecule has 0 aliphatic carbocycles. The molecule has 0 fully saturated rings. The molecule has 0 aromatic heterocycles. The maximum absolute atomic E-state index is 10.9. The summed E-state index contributed by atoms with van der Waals surface area (Å²) in [6.45, 7) is 1.92. The number of carbonyl (C=O) groups is 1. The fourth-order valence-electron chi connectivity index (χ4n) is 0.776. The van der Waals surface area contributed by atoms with Crippen LogP contribution in [0.4, 0.5) is 0 Å². The number of rotatable bonds is 2. The molecule has 0 amide bonds. The maximum Gasteiger partial charge on any atom is 0.398 e. The van der Waals surface area contributed by atoms with Gasteiger partial charge in [-0.3, -0.25) is 0 Å². The van der Waals surface area contributed by atoms with Crippen molar-refractivity contribution >= 4 is 14.7 Å². The third-order valence-corrected chi connectivity index (χ3v) is 1.65. The van der Waals surface area contributed by atoms with Crippen molar-refractivity contribution in [3.63, 3.8) is 0 Å². The van der Waals surface area contributed by atoms with Gasteiger partial charge >= 0.3 is 14.7 Å². The zero-order chi connectivity index (χ0) is 8.97. The molecule has 0 bridgehead atoms. The van der Waals surface area contributed by atoms with Crippen molar-refractivity contribution in [2.45, 2.75) is 6.92 Å². The maximum atomic E-state index is 10.9. The minimum atomic E-state index is -0.615. The lowest BCUT2D eigenvalue weighted by molar-refractivity contribution is 0.0756. The first-order chi connectivity index (χ1) is 5.74. The Bertz CT molecular complexity index is 292. The smallest absolute Gasteiger partial charge is 0.369 e. The fraction of sp³-hybridized carbons (Fsp3) is 0.125. The second kappa shape index (κ2) is 3.98. The zero-order valence-corrected chi connectivity index (χ0v) is 7.38. The molecule has 4 heteroatoms. The highest BCUT2D eigenvalue weighted by Crippen LogP contribution is 2.07. The number of hydrogen-bond donors (Lipinski definition) is 0. The van der Waals surface area contributed by atoms with Crippen LogP contribution in [0.25, 0.3) is 0 Å². The quantitative estimate of drug-likeness (QED) is 0.659. The van der Waals surface area contributed by atoms with E-state index < -0.39 is 14.7 Å². The summed E-state index contributed by atoms with van der Waals surface area (Å²) in [6, 6.07) is 6.84. The summed E-state index contributed by atoms with van der Waals surface area (Å²) in [5, 5.41) is 0. The third-order valence-electron chi connectivity index (χ3n) is 1.41. The first-order valence-electron chi connectivity index (χ1n) is 3.34. The molecular weight excluding hydrogens is 175 g/mol. The van der Waals surface area contributed by atoms with Crippen LogP contribution < -0.4 is 0 Å². The van der Waals surface area contributed by atoms with Crippen LogP contribution in [0.5, 0.6) is 0 Å². The highest BCUT2D eigenvalue weighted by atomic mass is 31.1. The first-order valence-corrected chi connectivity index (χ1v) is 4.08. The summed E-state index contributed by atoms with van der Waals surface area (Å²) in [5.74, 6) is -0.577. The van der Waals surface area contributed by atoms with Gasteiger partial charge in [-0.05, 0) is 19.1 Å². The van der Waals surface area contributed by atoms with Crippen molar-refractivity contribution in [1.82, 2.24) is 0 Å². The van der Waals surface area contributed by atoms with Crippen LogP contribution in [0.1, 0.15) is 15.9 Å². The van der Waals surface area contributed by atoms with Crippen molar-refractivity contribution in [3.05, 3.63) is 35.4 Å². The van der Waals surface area contributed by atoms with Crippen LogP contribution in [-0.4, -0.2) is 5.97 Å². The van der Waals surface area contributed by atoms with Crippen molar-refractivity contribution in [2.24, 2.45) is 0 Å². The van der Waals surface area contributed by atoms with Gasteiger partial charge in [-0.15, -0.1) is 0 Å². The van der Waals surface area contributed by atoms with Gasteiger partial charge in [0.1, 0.15) is 0 Å². The van der Waals surface area contributed by atoms with Crippen LogP contribution in [0.3, 0.4) is 0 Å². The molecule has 12 heavy (non-hydrogen) atoms. The van der Waals surface area contributed by atoms with E-state index >= 15 is 0 Å². The molecule has 0 radical (unpaired) electrons. The monoisotopic (exact) mass is 182 g/mol. The molecular formula is C8H7O3P. The van der Waals surface area contributed by atoms with Crippen LogP contribution in [0, 0.1) is 6.92 Å². The first kappa shape index (κ1) is 8.88. The van der Waals surface area contributed by atoms with Crippen LogP contribution in [0.15, 0.2) is 24.3 Å². The lowest BCUT2D eigenvalue weighted by Crippen LogP contribution is -1.97. The predicted octanol–water partition coefficient (Wildman–Crippen LogP) is 2.36. The Morgan fingerprint density at radius 2 is 1.92 bits per heavy atom. The molecule has 0 unspecified atom stereocenters. The van der Waals surface area contributed by atoms with Crippen LogP contribution in [-0.2, 0) is 9.09 Å². The molecule has 0 heterocycles. The normalized spacial score (nSPS) is 9.75. The van der Waals surface area contributed by atoms with Gasteiger partial charge < -0.3 is 4.52 Å². The van der Waals surface area contributed by atoms with Crippen LogP contribution in [0.2, 0.25) is 0 Å². The number of hydrogen-bond acceptors (Lipinski definition) is 3. The van der Waals surface area contributed by atoms with E-state index in [0.717, 1.165) is 5.56 Å². The van der Waals surface area contributed by atoms with Gasteiger partial charge in [-0.25, -0.2) is 9.36 Å². The van der Waals surface area contributed by atoms with Crippen molar-refractivity contribution < 1.29 is 13.9 Å². The van der Waals surface area contributed by atoms with Crippen LogP contribution >= 0.6 is 8.69 Å². The molecule has 0 saturated heterocycles. The van der Waals surface area contributed by atoms with Gasteiger partial charge in [-0.2, -0.15) is 0 Å². The summed E-state index contributed by atoms with van der Waals surface area (Å²) in [6.07, 6.45) is 0. The van der Waals surface area contributed by atoms with Gasteiger partial charge in [-0.1, -0.05) is 17.7 Å². The number of benzene rings is 1. The van der Waals surface area contributed by atoms with Crippen molar-refractivity contribution in [1.29, 1.82) is 0 Å². The Kier molecular flexibility index (Phi) is 2.94. The van der Waals surface area contributed by atoms with E-state index in [-0.39, 0.29) is 0 Å². The van der Waals surface area contributed by atoms with E-state index in [9.17, 15) is 9.36 Å². The van der Waals surface area contributed by atoms with E-state index in [1.807, 2.05) is 6.92 Å². The molecule has 1 aromatic rings. The molecule has 0 aliphatic heterocycles. The Morgan fingerprint density at radius 3 is 2.42 bits per heavy atom. The predicted molar refractivity (Wildman–Crippen MR) is 44.2 cm³/mol. The SMILES string of the molecule is Cc1ccc(C(=O)OP=O)cc1. The van der Waals surface area contributed by atoms with Gasteiger partial charge in [0.25, 0.3) is 0 Å². The Hall–Kier alpha value is -1.21. The number of aryl methyl sites for hydroxylation is 1. The van der Waals surface area contributed by atoms with Gasteiger partial charge in [0.2, 0.25) is 0 Å². The molecule has 0 saturated carbocycles. The van der Waals surface area contributed by atoms with E-state index in [2.05, 4.69) is 4.52 Å². The third kappa shape index (κ3) is 2.14. The summed E-state index contributed by atoms with van der Waals surface area (Å²) in [7, 11) is -0.615. The van der Waals surface area contributed by atoms with Gasteiger partial charge in [0, 0.05) is 0 Å². The highest BCUT2D eigenvalue weighted by molar-refractivity contribution is 7.18. The minimum absolute atomic E-state index is 0.406. The second-order valence-electron chi connectivity index (χ2n) is 2.32. The van der Waals surface area contributed by atoms with E-state index in [4.69, 9.17) is 0 Å². The van der Waals surface area contributed by atoms with Crippen molar-refractivity contribution in [3.8, 4) is 0 Å². The second-order valence-corrected chi connectivity index (χ2v) is 2.65. The molecule has 0 spiro atoms.